The number of halogens is 2. The Morgan fingerprint density at radius 1 is 1.26 bits per heavy atom. The first-order valence-electron chi connectivity index (χ1n) is 7.34. The zero-order valence-corrected chi connectivity index (χ0v) is 14.6. The van der Waals surface area contributed by atoms with Gasteiger partial charge in [0.15, 0.2) is 17.9 Å². The molecule has 2 aliphatic heterocycles. The summed E-state index contributed by atoms with van der Waals surface area (Å²) in [4.78, 5) is 11.8. The largest absolute Gasteiger partial charge is 0.367 e. The molecule has 7 heteroatoms. The van der Waals surface area contributed by atoms with Gasteiger partial charge in [0.1, 0.15) is 18.3 Å². The molecule has 0 unspecified atom stereocenters. The van der Waals surface area contributed by atoms with Crippen molar-refractivity contribution in [1.82, 2.24) is 0 Å². The van der Waals surface area contributed by atoms with E-state index in [1.165, 1.54) is 6.92 Å². The van der Waals surface area contributed by atoms with Gasteiger partial charge in [-0.2, -0.15) is 0 Å². The second-order valence-electron chi connectivity index (χ2n) is 6.16. The summed E-state index contributed by atoms with van der Waals surface area (Å²) in [6.07, 6.45) is -2.28. The van der Waals surface area contributed by atoms with Crippen LogP contribution in [0.5, 0.6) is 0 Å². The van der Waals surface area contributed by atoms with Gasteiger partial charge in [-0.25, -0.2) is 0 Å². The van der Waals surface area contributed by atoms with Gasteiger partial charge in [0.25, 0.3) is 0 Å². The number of rotatable bonds is 4. The Balaban J connectivity index is 1.73. The summed E-state index contributed by atoms with van der Waals surface area (Å²) in [6, 6.07) is 5.26. The standard InChI is InChI=1S/C16H18Cl2O5/c1-8(19)12-13(14-15(21-12)23-16(2,3)22-14)20-7-9-4-5-10(17)11(18)6-9/h4-6,12-15H,7H2,1-3H3/t12-,13+,14-,15-/m1/s1. The highest BCUT2D eigenvalue weighted by molar-refractivity contribution is 6.42. The summed E-state index contributed by atoms with van der Waals surface area (Å²) >= 11 is 11.9. The molecule has 23 heavy (non-hydrogen) atoms. The summed E-state index contributed by atoms with van der Waals surface area (Å²) in [6.45, 7) is 5.33. The van der Waals surface area contributed by atoms with Crippen LogP contribution in [0.2, 0.25) is 10.0 Å². The first-order chi connectivity index (χ1) is 10.8. The van der Waals surface area contributed by atoms with E-state index in [1.807, 2.05) is 6.07 Å². The Kier molecular flexibility index (Phi) is 4.71. The van der Waals surface area contributed by atoms with Crippen LogP contribution in [0.3, 0.4) is 0 Å². The number of ketones is 1. The fraction of sp³-hybridized carbons (Fsp3) is 0.562. The fourth-order valence-corrected chi connectivity index (χ4v) is 3.13. The SMILES string of the molecule is CC(=O)[C@H]1O[C@@H]2OC(C)(C)O[C@@H]2[C@H]1OCc1ccc(Cl)c(Cl)c1. The fourth-order valence-electron chi connectivity index (χ4n) is 2.81. The lowest BCUT2D eigenvalue weighted by atomic mass is 10.1. The molecule has 0 saturated carbocycles. The van der Waals surface area contributed by atoms with E-state index in [2.05, 4.69) is 0 Å². The van der Waals surface area contributed by atoms with Crippen molar-refractivity contribution >= 4 is 29.0 Å². The maximum Gasteiger partial charge on any atom is 0.190 e. The van der Waals surface area contributed by atoms with Crippen molar-refractivity contribution in [2.75, 3.05) is 0 Å². The minimum absolute atomic E-state index is 0.122. The molecular weight excluding hydrogens is 343 g/mol. The average molecular weight is 361 g/mol. The van der Waals surface area contributed by atoms with Gasteiger partial charge in [-0.05, 0) is 38.5 Å². The van der Waals surface area contributed by atoms with Crippen LogP contribution < -0.4 is 0 Å². The highest BCUT2D eigenvalue weighted by atomic mass is 35.5. The van der Waals surface area contributed by atoms with Crippen LogP contribution in [0, 0.1) is 0 Å². The van der Waals surface area contributed by atoms with Gasteiger partial charge in [0.05, 0.1) is 16.7 Å². The third-order valence-corrected chi connectivity index (χ3v) is 4.56. The van der Waals surface area contributed by atoms with Gasteiger partial charge in [-0.1, -0.05) is 29.3 Å². The van der Waals surface area contributed by atoms with Gasteiger partial charge in [0, 0.05) is 0 Å². The van der Waals surface area contributed by atoms with E-state index < -0.39 is 30.4 Å². The van der Waals surface area contributed by atoms with E-state index in [9.17, 15) is 4.79 Å². The predicted octanol–water partition coefficient (Wildman–Crippen LogP) is 3.34. The molecule has 1 aromatic carbocycles. The lowest BCUT2D eigenvalue weighted by molar-refractivity contribution is -0.218. The molecule has 0 amide bonds. The molecule has 1 aromatic rings. The Labute approximate surface area is 144 Å². The van der Waals surface area contributed by atoms with Crippen molar-refractivity contribution in [3.05, 3.63) is 33.8 Å². The van der Waals surface area contributed by atoms with Crippen LogP contribution in [-0.4, -0.2) is 36.2 Å². The van der Waals surface area contributed by atoms with Crippen LogP contribution in [-0.2, 0) is 30.3 Å². The second kappa shape index (κ2) is 6.31. The van der Waals surface area contributed by atoms with Crippen LogP contribution in [0.25, 0.3) is 0 Å². The van der Waals surface area contributed by atoms with Gasteiger partial charge >= 0.3 is 0 Å². The summed E-state index contributed by atoms with van der Waals surface area (Å²) in [5, 5.41) is 0.939. The number of Topliss-reactive ketones (excluding diaryl/α,β-unsaturated/α-hetero) is 1. The zero-order chi connectivity index (χ0) is 16.8. The summed E-state index contributed by atoms with van der Waals surface area (Å²) in [7, 11) is 0. The molecule has 5 nitrogen and oxygen atoms in total. The number of benzene rings is 1. The minimum atomic E-state index is -0.762. The normalized spacial score (nSPS) is 32.0. The van der Waals surface area contributed by atoms with E-state index in [-0.39, 0.29) is 12.4 Å². The second-order valence-corrected chi connectivity index (χ2v) is 6.97. The molecule has 2 aliphatic rings. The van der Waals surface area contributed by atoms with Crippen LogP contribution >= 0.6 is 23.2 Å². The van der Waals surface area contributed by atoms with Crippen molar-refractivity contribution in [2.24, 2.45) is 0 Å². The molecule has 2 fully saturated rings. The van der Waals surface area contributed by atoms with E-state index >= 15 is 0 Å². The van der Waals surface area contributed by atoms with Crippen molar-refractivity contribution in [3.8, 4) is 0 Å². The topological polar surface area (TPSA) is 54.0 Å². The Morgan fingerprint density at radius 2 is 2.00 bits per heavy atom. The first-order valence-corrected chi connectivity index (χ1v) is 8.09. The van der Waals surface area contributed by atoms with Crippen LogP contribution in [0.1, 0.15) is 26.3 Å². The van der Waals surface area contributed by atoms with E-state index in [0.717, 1.165) is 5.56 Å². The zero-order valence-electron chi connectivity index (χ0n) is 13.0. The molecule has 0 N–H and O–H groups in total. The van der Waals surface area contributed by atoms with Gasteiger partial charge in [-0.3, -0.25) is 4.79 Å². The van der Waals surface area contributed by atoms with Crippen molar-refractivity contribution in [1.29, 1.82) is 0 Å². The molecule has 4 atom stereocenters. The number of ether oxygens (including phenoxy) is 4. The minimum Gasteiger partial charge on any atom is -0.367 e. The lowest BCUT2D eigenvalue weighted by Crippen LogP contribution is -2.39. The summed E-state index contributed by atoms with van der Waals surface area (Å²) in [5.41, 5.74) is 0.850. The smallest absolute Gasteiger partial charge is 0.190 e. The molecule has 2 heterocycles. The summed E-state index contributed by atoms with van der Waals surface area (Å²) in [5.74, 6) is -0.883. The number of fused-ring (bicyclic) bond motifs is 1. The Hall–Kier alpha value is -0.690. The van der Waals surface area contributed by atoms with Crippen molar-refractivity contribution in [2.45, 2.75) is 57.8 Å². The van der Waals surface area contributed by atoms with Crippen molar-refractivity contribution < 1.29 is 23.7 Å². The van der Waals surface area contributed by atoms with Gasteiger partial charge in [-0.15, -0.1) is 0 Å². The number of carbonyl (C=O) groups excluding carboxylic acids is 1. The van der Waals surface area contributed by atoms with Gasteiger partial charge < -0.3 is 18.9 Å². The molecule has 0 radical (unpaired) electrons. The summed E-state index contributed by atoms with van der Waals surface area (Å²) < 4.78 is 23.1. The van der Waals surface area contributed by atoms with Gasteiger partial charge in [0.2, 0.25) is 0 Å². The maximum absolute atomic E-state index is 11.8. The molecule has 0 aliphatic carbocycles. The highest BCUT2D eigenvalue weighted by Gasteiger charge is 2.56. The molecule has 0 aromatic heterocycles. The van der Waals surface area contributed by atoms with E-state index in [1.54, 1.807) is 26.0 Å². The lowest BCUT2D eigenvalue weighted by Gasteiger charge is -2.24. The van der Waals surface area contributed by atoms with Crippen LogP contribution in [0.15, 0.2) is 18.2 Å². The third kappa shape index (κ3) is 3.55. The van der Waals surface area contributed by atoms with E-state index in [4.69, 9.17) is 42.1 Å². The van der Waals surface area contributed by atoms with E-state index in [0.29, 0.717) is 10.0 Å². The highest BCUT2D eigenvalue weighted by Crippen LogP contribution is 2.39. The number of hydrogen-bond donors (Lipinski definition) is 0. The predicted molar refractivity (Wildman–Crippen MR) is 84.4 cm³/mol. The van der Waals surface area contributed by atoms with Crippen LogP contribution in [0.4, 0.5) is 0 Å². The monoisotopic (exact) mass is 360 g/mol. The molecule has 126 valence electrons. The third-order valence-electron chi connectivity index (χ3n) is 3.82. The average Bonchev–Trinajstić information content (AvgIpc) is 2.92. The molecule has 0 spiro atoms. The Morgan fingerprint density at radius 3 is 2.65 bits per heavy atom. The Bertz CT molecular complexity index is 618. The molecule has 2 saturated heterocycles. The maximum atomic E-state index is 11.8. The first kappa shape index (κ1) is 17.1. The number of hydrogen-bond acceptors (Lipinski definition) is 5. The quantitative estimate of drug-likeness (QED) is 0.823. The van der Waals surface area contributed by atoms with Crippen molar-refractivity contribution in [3.63, 3.8) is 0 Å². The number of carbonyl (C=O) groups is 1. The molecular formula is C16H18Cl2O5. The molecule has 0 bridgehead atoms. The molecule has 3 rings (SSSR count).